The summed E-state index contributed by atoms with van der Waals surface area (Å²) in [5, 5.41) is 3.43. The van der Waals surface area contributed by atoms with E-state index in [1.807, 2.05) is 54.6 Å². The Morgan fingerprint density at radius 3 is 2.59 bits per heavy atom. The number of hydrogen-bond acceptors (Lipinski definition) is 5. The molecule has 7 heteroatoms. The summed E-state index contributed by atoms with van der Waals surface area (Å²) in [6.07, 6.45) is -0.618. The molecule has 140 valence electrons. The smallest absolute Gasteiger partial charge is 0.408 e. The molecular weight excluding hydrogens is 362 g/mol. The van der Waals surface area contributed by atoms with Crippen molar-refractivity contribution >= 4 is 33.6 Å². The van der Waals surface area contributed by atoms with E-state index in [9.17, 15) is 9.59 Å². The van der Waals surface area contributed by atoms with E-state index in [0.717, 1.165) is 20.8 Å². The summed E-state index contributed by atoms with van der Waals surface area (Å²) in [5.74, 6) is -0.203. The number of carbonyl (C=O) groups excluding carboxylic acids is 2. The lowest BCUT2D eigenvalue weighted by molar-refractivity contribution is -0.132. The SMILES string of the molecule is C[C@H](NC(=O)OCc1ccccc1)C(=O)N(C)Cc1nc2ccccc2s1. The lowest BCUT2D eigenvalue weighted by Crippen LogP contribution is -2.45. The van der Waals surface area contributed by atoms with Crippen molar-refractivity contribution in [2.45, 2.75) is 26.1 Å². The number of nitrogens with one attached hydrogen (secondary N) is 1. The predicted octanol–water partition coefficient (Wildman–Crippen LogP) is 3.57. The van der Waals surface area contributed by atoms with Gasteiger partial charge in [-0.05, 0) is 24.6 Å². The molecule has 1 atom stereocenters. The number of fused-ring (bicyclic) bond motifs is 1. The maximum atomic E-state index is 12.5. The first-order valence-electron chi connectivity index (χ1n) is 8.59. The molecule has 0 radical (unpaired) electrons. The molecule has 27 heavy (non-hydrogen) atoms. The van der Waals surface area contributed by atoms with Crippen molar-refractivity contribution in [2.24, 2.45) is 0 Å². The van der Waals surface area contributed by atoms with E-state index in [0.29, 0.717) is 6.54 Å². The number of likely N-dealkylation sites (N-methyl/N-ethyl adjacent to an activating group) is 1. The van der Waals surface area contributed by atoms with Gasteiger partial charge in [0.2, 0.25) is 5.91 Å². The van der Waals surface area contributed by atoms with Crippen molar-refractivity contribution < 1.29 is 14.3 Å². The molecule has 3 rings (SSSR count). The fourth-order valence-electron chi connectivity index (χ4n) is 2.60. The molecule has 1 N–H and O–H groups in total. The fourth-order valence-corrected chi connectivity index (χ4v) is 3.62. The molecule has 2 aromatic carbocycles. The number of ether oxygens (including phenoxy) is 1. The van der Waals surface area contributed by atoms with Crippen LogP contribution in [0.1, 0.15) is 17.5 Å². The second kappa shape index (κ2) is 8.64. The van der Waals surface area contributed by atoms with Gasteiger partial charge in [0.25, 0.3) is 0 Å². The highest BCUT2D eigenvalue weighted by Gasteiger charge is 2.21. The first-order chi connectivity index (χ1) is 13.0. The maximum absolute atomic E-state index is 12.5. The van der Waals surface area contributed by atoms with Gasteiger partial charge in [0.15, 0.2) is 0 Å². The van der Waals surface area contributed by atoms with E-state index in [1.165, 1.54) is 0 Å². The van der Waals surface area contributed by atoms with Gasteiger partial charge < -0.3 is 15.0 Å². The minimum absolute atomic E-state index is 0.162. The van der Waals surface area contributed by atoms with E-state index in [-0.39, 0.29) is 12.5 Å². The molecule has 0 saturated carbocycles. The van der Waals surface area contributed by atoms with Crippen molar-refractivity contribution in [1.82, 2.24) is 15.2 Å². The van der Waals surface area contributed by atoms with Crippen LogP contribution in [0, 0.1) is 0 Å². The Morgan fingerprint density at radius 1 is 1.15 bits per heavy atom. The molecule has 2 amide bonds. The van der Waals surface area contributed by atoms with Gasteiger partial charge in [0.05, 0.1) is 16.8 Å². The van der Waals surface area contributed by atoms with Crippen molar-refractivity contribution in [3.05, 3.63) is 65.2 Å². The summed E-state index contributed by atoms with van der Waals surface area (Å²) >= 11 is 1.56. The Bertz CT molecular complexity index is 893. The molecule has 0 aliphatic rings. The van der Waals surface area contributed by atoms with Crippen molar-refractivity contribution in [3.8, 4) is 0 Å². The molecule has 0 spiro atoms. The highest BCUT2D eigenvalue weighted by molar-refractivity contribution is 7.18. The largest absolute Gasteiger partial charge is 0.445 e. The van der Waals surface area contributed by atoms with E-state index < -0.39 is 12.1 Å². The topological polar surface area (TPSA) is 71.5 Å². The van der Waals surface area contributed by atoms with Crippen LogP contribution in [-0.2, 0) is 22.7 Å². The van der Waals surface area contributed by atoms with E-state index >= 15 is 0 Å². The number of aromatic nitrogens is 1. The zero-order chi connectivity index (χ0) is 19.2. The van der Waals surface area contributed by atoms with Gasteiger partial charge in [0, 0.05) is 7.05 Å². The molecule has 0 aliphatic carbocycles. The maximum Gasteiger partial charge on any atom is 0.408 e. The van der Waals surface area contributed by atoms with Crippen LogP contribution in [0.3, 0.4) is 0 Å². The molecule has 0 aliphatic heterocycles. The average molecular weight is 383 g/mol. The monoisotopic (exact) mass is 383 g/mol. The highest BCUT2D eigenvalue weighted by Crippen LogP contribution is 2.22. The van der Waals surface area contributed by atoms with E-state index in [1.54, 1.807) is 30.2 Å². The molecule has 0 unspecified atom stereocenters. The third-order valence-corrected chi connectivity index (χ3v) is 5.03. The molecule has 0 fully saturated rings. The Balaban J connectivity index is 1.50. The number of thiazole rings is 1. The van der Waals surface area contributed by atoms with Gasteiger partial charge in [-0.3, -0.25) is 4.79 Å². The van der Waals surface area contributed by atoms with Gasteiger partial charge in [-0.2, -0.15) is 0 Å². The van der Waals surface area contributed by atoms with Crippen LogP contribution in [0.4, 0.5) is 4.79 Å². The summed E-state index contributed by atoms with van der Waals surface area (Å²) in [6.45, 7) is 2.19. The van der Waals surface area contributed by atoms with Gasteiger partial charge in [0.1, 0.15) is 17.7 Å². The van der Waals surface area contributed by atoms with Gasteiger partial charge >= 0.3 is 6.09 Å². The van der Waals surface area contributed by atoms with Crippen molar-refractivity contribution in [3.63, 3.8) is 0 Å². The Morgan fingerprint density at radius 2 is 1.85 bits per heavy atom. The number of rotatable bonds is 6. The van der Waals surface area contributed by atoms with E-state index in [2.05, 4.69) is 10.3 Å². The molecule has 3 aromatic rings. The Labute approximate surface area is 161 Å². The van der Waals surface area contributed by atoms with Crippen molar-refractivity contribution in [1.29, 1.82) is 0 Å². The third kappa shape index (κ3) is 5.04. The second-order valence-electron chi connectivity index (χ2n) is 6.20. The quantitative estimate of drug-likeness (QED) is 0.706. The summed E-state index contributed by atoms with van der Waals surface area (Å²) in [5.41, 5.74) is 1.81. The third-order valence-electron chi connectivity index (χ3n) is 4.00. The fraction of sp³-hybridized carbons (Fsp3) is 0.250. The molecule has 1 heterocycles. The number of amides is 2. The van der Waals surface area contributed by atoms with Gasteiger partial charge in [-0.25, -0.2) is 9.78 Å². The number of hydrogen-bond donors (Lipinski definition) is 1. The van der Waals surface area contributed by atoms with Crippen LogP contribution in [0.5, 0.6) is 0 Å². The molecule has 6 nitrogen and oxygen atoms in total. The van der Waals surface area contributed by atoms with Crippen LogP contribution in [0.15, 0.2) is 54.6 Å². The summed E-state index contributed by atoms with van der Waals surface area (Å²) in [6, 6.07) is 16.6. The zero-order valence-electron chi connectivity index (χ0n) is 15.2. The number of alkyl carbamates (subject to hydrolysis) is 1. The van der Waals surface area contributed by atoms with Crippen LogP contribution in [0.25, 0.3) is 10.2 Å². The lowest BCUT2D eigenvalue weighted by atomic mass is 10.2. The van der Waals surface area contributed by atoms with Crippen LogP contribution >= 0.6 is 11.3 Å². The van der Waals surface area contributed by atoms with Crippen molar-refractivity contribution in [2.75, 3.05) is 7.05 Å². The molecular formula is C20H21N3O3S. The first-order valence-corrected chi connectivity index (χ1v) is 9.41. The van der Waals surface area contributed by atoms with Gasteiger partial charge in [-0.1, -0.05) is 42.5 Å². The number of carbonyl (C=O) groups is 2. The number of para-hydroxylation sites is 1. The Hall–Kier alpha value is -2.93. The Kier molecular flexibility index (Phi) is 6.03. The second-order valence-corrected chi connectivity index (χ2v) is 7.31. The van der Waals surface area contributed by atoms with Gasteiger partial charge in [-0.15, -0.1) is 11.3 Å². The minimum Gasteiger partial charge on any atom is -0.445 e. The molecule has 0 saturated heterocycles. The summed E-state index contributed by atoms with van der Waals surface area (Å²) in [4.78, 5) is 30.5. The van der Waals surface area contributed by atoms with Crippen LogP contribution in [-0.4, -0.2) is 35.0 Å². The predicted molar refractivity (Wildman–Crippen MR) is 105 cm³/mol. The standard InChI is InChI=1S/C20H21N3O3S/c1-14(21-20(25)26-13-15-8-4-3-5-9-15)19(24)23(2)12-18-22-16-10-6-7-11-17(16)27-18/h3-11,14H,12-13H2,1-2H3,(H,21,25)/t14-/m0/s1. The number of nitrogens with zero attached hydrogens (tertiary/aromatic N) is 2. The zero-order valence-corrected chi connectivity index (χ0v) is 16.0. The summed E-state index contributed by atoms with van der Waals surface area (Å²) in [7, 11) is 1.70. The summed E-state index contributed by atoms with van der Waals surface area (Å²) < 4.78 is 6.24. The minimum atomic E-state index is -0.687. The van der Waals surface area contributed by atoms with Crippen LogP contribution in [0.2, 0.25) is 0 Å². The van der Waals surface area contributed by atoms with E-state index in [4.69, 9.17) is 4.74 Å². The average Bonchev–Trinajstić information content (AvgIpc) is 3.08. The normalized spacial score (nSPS) is 11.8. The first kappa shape index (κ1) is 18.8. The lowest BCUT2D eigenvalue weighted by Gasteiger charge is -2.21. The van der Waals surface area contributed by atoms with Crippen LogP contribution < -0.4 is 5.32 Å². The molecule has 1 aromatic heterocycles. The highest BCUT2D eigenvalue weighted by atomic mass is 32.1. The number of benzene rings is 2. The molecule has 0 bridgehead atoms.